The molecule has 1 aliphatic heterocycles. The lowest BCUT2D eigenvalue weighted by Gasteiger charge is -2.32. The standard InChI is InChI=1S/C18H20N2O3S/c1-12-11-24-17(19-12)15-3-2-8-20(10-15)16(21)9-13-4-6-14(7-5-13)18(22)23/h4-7,11,15H,2-3,8-10H2,1H3,(H,22,23)/t15-/m0/s1. The molecule has 0 aliphatic carbocycles. The second-order valence-corrected chi connectivity index (χ2v) is 7.07. The lowest BCUT2D eigenvalue weighted by molar-refractivity contribution is -0.131. The Balaban J connectivity index is 1.63. The molecule has 1 aliphatic rings. The highest BCUT2D eigenvalue weighted by Gasteiger charge is 2.26. The molecule has 0 unspecified atom stereocenters. The number of carbonyl (C=O) groups excluding carboxylic acids is 1. The molecule has 0 spiro atoms. The molecule has 1 amide bonds. The second-order valence-electron chi connectivity index (χ2n) is 6.18. The van der Waals surface area contributed by atoms with Crippen LogP contribution in [-0.2, 0) is 11.2 Å². The molecular weight excluding hydrogens is 324 g/mol. The van der Waals surface area contributed by atoms with Gasteiger partial charge in [-0.15, -0.1) is 11.3 Å². The van der Waals surface area contributed by atoms with E-state index < -0.39 is 5.97 Å². The van der Waals surface area contributed by atoms with Crippen molar-refractivity contribution >= 4 is 23.2 Å². The molecule has 1 atom stereocenters. The van der Waals surface area contributed by atoms with E-state index in [1.807, 2.05) is 11.8 Å². The van der Waals surface area contributed by atoms with E-state index in [0.717, 1.165) is 42.2 Å². The van der Waals surface area contributed by atoms with Crippen LogP contribution in [0.1, 0.15) is 45.4 Å². The summed E-state index contributed by atoms with van der Waals surface area (Å²) in [6, 6.07) is 6.52. The molecule has 0 radical (unpaired) electrons. The van der Waals surface area contributed by atoms with Crippen molar-refractivity contribution in [1.29, 1.82) is 0 Å². The Hall–Kier alpha value is -2.21. The summed E-state index contributed by atoms with van der Waals surface area (Å²) in [4.78, 5) is 29.9. The first kappa shape index (κ1) is 16.6. The van der Waals surface area contributed by atoms with Crippen molar-refractivity contribution < 1.29 is 14.7 Å². The number of hydrogen-bond acceptors (Lipinski definition) is 4. The highest BCUT2D eigenvalue weighted by atomic mass is 32.1. The average Bonchev–Trinajstić information content (AvgIpc) is 3.02. The minimum absolute atomic E-state index is 0.0936. The number of aryl methyl sites for hydroxylation is 1. The molecule has 2 aromatic rings. The maximum Gasteiger partial charge on any atom is 0.335 e. The maximum absolute atomic E-state index is 12.6. The predicted octanol–water partition coefficient (Wildman–Crippen LogP) is 3.10. The predicted molar refractivity (Wildman–Crippen MR) is 92.5 cm³/mol. The number of rotatable bonds is 4. The minimum atomic E-state index is -0.953. The summed E-state index contributed by atoms with van der Waals surface area (Å²) in [5.41, 5.74) is 2.12. The molecule has 24 heavy (non-hydrogen) atoms. The Labute approximate surface area is 145 Å². The van der Waals surface area contributed by atoms with Gasteiger partial charge in [-0.3, -0.25) is 4.79 Å². The van der Waals surface area contributed by atoms with Crippen LogP contribution in [0.3, 0.4) is 0 Å². The van der Waals surface area contributed by atoms with Gasteiger partial charge in [0.2, 0.25) is 5.91 Å². The van der Waals surface area contributed by atoms with Gasteiger partial charge in [0.25, 0.3) is 0 Å². The normalized spacial score (nSPS) is 17.7. The van der Waals surface area contributed by atoms with Crippen LogP contribution in [-0.4, -0.2) is 40.0 Å². The van der Waals surface area contributed by atoms with Crippen molar-refractivity contribution in [3.8, 4) is 0 Å². The zero-order valence-corrected chi connectivity index (χ0v) is 14.4. The molecule has 1 N–H and O–H groups in total. The monoisotopic (exact) mass is 344 g/mol. The summed E-state index contributed by atoms with van der Waals surface area (Å²) in [5, 5.41) is 12.1. The fourth-order valence-electron chi connectivity index (χ4n) is 3.02. The summed E-state index contributed by atoms with van der Waals surface area (Å²) < 4.78 is 0. The van der Waals surface area contributed by atoms with Crippen molar-refractivity contribution in [3.05, 3.63) is 51.5 Å². The van der Waals surface area contributed by atoms with Crippen LogP contribution in [0, 0.1) is 6.92 Å². The molecule has 1 aromatic heterocycles. The van der Waals surface area contributed by atoms with Crippen LogP contribution in [0.5, 0.6) is 0 Å². The number of piperidine rings is 1. The van der Waals surface area contributed by atoms with E-state index in [0.29, 0.717) is 12.3 Å². The topological polar surface area (TPSA) is 70.5 Å². The number of amides is 1. The van der Waals surface area contributed by atoms with E-state index in [2.05, 4.69) is 10.4 Å². The first-order valence-corrected chi connectivity index (χ1v) is 8.93. The van der Waals surface area contributed by atoms with E-state index in [1.54, 1.807) is 35.6 Å². The summed E-state index contributed by atoms with van der Waals surface area (Å²) in [5.74, 6) is -0.530. The van der Waals surface area contributed by atoms with Gasteiger partial charge in [0, 0.05) is 30.1 Å². The van der Waals surface area contributed by atoms with Gasteiger partial charge in [0.05, 0.1) is 17.0 Å². The number of carbonyl (C=O) groups is 2. The van der Waals surface area contributed by atoms with Crippen molar-refractivity contribution in [1.82, 2.24) is 9.88 Å². The van der Waals surface area contributed by atoms with E-state index in [4.69, 9.17) is 5.11 Å². The number of benzene rings is 1. The molecule has 5 nitrogen and oxygen atoms in total. The number of nitrogens with zero attached hydrogens (tertiary/aromatic N) is 2. The Morgan fingerprint density at radius 3 is 2.71 bits per heavy atom. The Morgan fingerprint density at radius 2 is 2.08 bits per heavy atom. The van der Waals surface area contributed by atoms with Crippen molar-refractivity contribution in [2.24, 2.45) is 0 Å². The van der Waals surface area contributed by atoms with Gasteiger partial charge in [0.15, 0.2) is 0 Å². The zero-order chi connectivity index (χ0) is 17.1. The van der Waals surface area contributed by atoms with Gasteiger partial charge >= 0.3 is 5.97 Å². The molecule has 1 fully saturated rings. The maximum atomic E-state index is 12.6. The summed E-state index contributed by atoms with van der Waals surface area (Å²) in [6.45, 7) is 3.50. The van der Waals surface area contributed by atoms with E-state index in [1.165, 1.54) is 0 Å². The number of carboxylic acid groups (broad SMARTS) is 1. The van der Waals surface area contributed by atoms with Crippen LogP contribution in [0.25, 0.3) is 0 Å². The van der Waals surface area contributed by atoms with Gasteiger partial charge in [-0.1, -0.05) is 12.1 Å². The number of carboxylic acids is 1. The van der Waals surface area contributed by atoms with E-state index in [-0.39, 0.29) is 11.5 Å². The van der Waals surface area contributed by atoms with E-state index in [9.17, 15) is 9.59 Å². The number of aromatic carboxylic acids is 1. The third-order valence-electron chi connectivity index (χ3n) is 4.32. The zero-order valence-electron chi connectivity index (χ0n) is 13.6. The SMILES string of the molecule is Cc1csc([C@H]2CCCN(C(=O)Cc3ccc(C(=O)O)cc3)C2)n1. The van der Waals surface area contributed by atoms with Crippen LogP contribution >= 0.6 is 11.3 Å². The lowest BCUT2D eigenvalue weighted by atomic mass is 9.98. The molecular formula is C18H20N2O3S. The molecule has 1 saturated heterocycles. The fourth-order valence-corrected chi connectivity index (χ4v) is 3.94. The Morgan fingerprint density at radius 1 is 1.33 bits per heavy atom. The third-order valence-corrected chi connectivity index (χ3v) is 5.44. The van der Waals surface area contributed by atoms with Gasteiger partial charge < -0.3 is 10.0 Å². The third kappa shape index (κ3) is 3.82. The summed E-state index contributed by atoms with van der Waals surface area (Å²) >= 11 is 1.67. The lowest BCUT2D eigenvalue weighted by Crippen LogP contribution is -2.39. The number of hydrogen-bond donors (Lipinski definition) is 1. The first-order chi connectivity index (χ1) is 11.5. The Kier molecular flexibility index (Phi) is 4.94. The van der Waals surface area contributed by atoms with Crippen LogP contribution < -0.4 is 0 Å². The highest BCUT2D eigenvalue weighted by molar-refractivity contribution is 7.09. The number of aromatic nitrogens is 1. The fraction of sp³-hybridized carbons (Fsp3) is 0.389. The van der Waals surface area contributed by atoms with Crippen molar-refractivity contribution in [2.45, 2.75) is 32.1 Å². The van der Waals surface area contributed by atoms with Crippen LogP contribution in [0.2, 0.25) is 0 Å². The average molecular weight is 344 g/mol. The number of likely N-dealkylation sites (tertiary alicyclic amines) is 1. The van der Waals surface area contributed by atoms with Gasteiger partial charge in [0.1, 0.15) is 0 Å². The van der Waals surface area contributed by atoms with Gasteiger partial charge in [-0.05, 0) is 37.5 Å². The molecule has 2 heterocycles. The van der Waals surface area contributed by atoms with Crippen LogP contribution in [0.15, 0.2) is 29.6 Å². The molecule has 0 bridgehead atoms. The smallest absolute Gasteiger partial charge is 0.335 e. The molecule has 1 aromatic carbocycles. The largest absolute Gasteiger partial charge is 0.478 e. The van der Waals surface area contributed by atoms with Gasteiger partial charge in [-0.2, -0.15) is 0 Å². The van der Waals surface area contributed by atoms with Crippen molar-refractivity contribution in [2.75, 3.05) is 13.1 Å². The molecule has 6 heteroatoms. The summed E-state index contributed by atoms with van der Waals surface area (Å²) in [7, 11) is 0. The first-order valence-electron chi connectivity index (χ1n) is 8.05. The number of thiazole rings is 1. The molecule has 0 saturated carbocycles. The van der Waals surface area contributed by atoms with Crippen LogP contribution in [0.4, 0.5) is 0 Å². The highest BCUT2D eigenvalue weighted by Crippen LogP contribution is 2.29. The quantitative estimate of drug-likeness (QED) is 0.925. The second kappa shape index (κ2) is 7.13. The van der Waals surface area contributed by atoms with E-state index >= 15 is 0 Å². The van der Waals surface area contributed by atoms with Crippen molar-refractivity contribution in [3.63, 3.8) is 0 Å². The molecule has 3 rings (SSSR count). The Bertz CT molecular complexity index is 739. The minimum Gasteiger partial charge on any atom is -0.478 e. The van der Waals surface area contributed by atoms with Gasteiger partial charge in [-0.25, -0.2) is 9.78 Å². The molecule has 126 valence electrons. The summed E-state index contributed by atoms with van der Waals surface area (Å²) in [6.07, 6.45) is 2.38.